The van der Waals surface area contributed by atoms with Crippen molar-refractivity contribution in [3.05, 3.63) is 65.2 Å². The molecule has 2 aliphatic heterocycles. The standard InChI is InChI=1S/C27H28N4O4S/c1-2-11-30-17-19(22-5-3-4-6-23(22)30)16-24-26(33)31(27(34)36-24)18-25(32)28-20-7-9-21(10-8-20)29-12-14-35-15-13-29/h3-10,16-17H,2,11-15,18H2,1H3,(H,28,32)/b24-16-. The summed E-state index contributed by atoms with van der Waals surface area (Å²) in [6, 6.07) is 15.5. The van der Waals surface area contributed by atoms with Gasteiger partial charge in [-0.3, -0.25) is 19.3 Å². The van der Waals surface area contributed by atoms with Crippen LogP contribution in [0, 0.1) is 0 Å². The van der Waals surface area contributed by atoms with Crippen molar-refractivity contribution in [1.29, 1.82) is 0 Å². The fourth-order valence-corrected chi connectivity index (χ4v) is 5.34. The van der Waals surface area contributed by atoms with E-state index in [1.54, 1.807) is 6.08 Å². The van der Waals surface area contributed by atoms with Gasteiger partial charge < -0.3 is 19.5 Å². The fourth-order valence-electron chi connectivity index (χ4n) is 4.51. The number of rotatable bonds is 7. The minimum Gasteiger partial charge on any atom is -0.378 e. The number of imide groups is 1. The van der Waals surface area contributed by atoms with E-state index in [0.29, 0.717) is 23.8 Å². The lowest BCUT2D eigenvalue weighted by Crippen LogP contribution is -2.36. The van der Waals surface area contributed by atoms with Gasteiger partial charge in [-0.1, -0.05) is 25.1 Å². The Kier molecular flexibility index (Phi) is 7.11. The second kappa shape index (κ2) is 10.6. The van der Waals surface area contributed by atoms with Crippen molar-refractivity contribution in [3.63, 3.8) is 0 Å². The molecule has 0 atom stereocenters. The quantitative estimate of drug-likeness (QED) is 0.475. The number of benzene rings is 2. The summed E-state index contributed by atoms with van der Waals surface area (Å²) in [6.07, 6.45) is 4.75. The molecule has 2 aliphatic rings. The molecule has 0 radical (unpaired) electrons. The zero-order valence-corrected chi connectivity index (χ0v) is 20.9. The summed E-state index contributed by atoms with van der Waals surface area (Å²) in [5.74, 6) is -0.868. The monoisotopic (exact) mass is 504 g/mol. The normalized spacial score (nSPS) is 17.4. The highest BCUT2D eigenvalue weighted by Crippen LogP contribution is 2.34. The molecule has 5 rings (SSSR count). The number of hydrogen-bond donors (Lipinski definition) is 1. The topological polar surface area (TPSA) is 83.9 Å². The van der Waals surface area contributed by atoms with Crippen molar-refractivity contribution in [2.75, 3.05) is 43.1 Å². The summed E-state index contributed by atoms with van der Waals surface area (Å²) in [5.41, 5.74) is 3.65. The Hall–Kier alpha value is -3.56. The second-order valence-electron chi connectivity index (χ2n) is 8.76. The van der Waals surface area contributed by atoms with E-state index in [0.717, 1.165) is 64.9 Å². The van der Waals surface area contributed by atoms with Crippen LogP contribution in [-0.4, -0.2) is 59.4 Å². The molecule has 1 aromatic heterocycles. The van der Waals surface area contributed by atoms with Gasteiger partial charge in [0.2, 0.25) is 5.91 Å². The lowest BCUT2D eigenvalue weighted by molar-refractivity contribution is -0.127. The predicted octanol–water partition coefficient (Wildman–Crippen LogP) is 4.56. The lowest BCUT2D eigenvalue weighted by Gasteiger charge is -2.28. The van der Waals surface area contributed by atoms with Gasteiger partial charge in [-0.15, -0.1) is 0 Å². The van der Waals surface area contributed by atoms with Crippen molar-refractivity contribution in [2.45, 2.75) is 19.9 Å². The molecule has 3 heterocycles. The molecule has 0 spiro atoms. The molecule has 36 heavy (non-hydrogen) atoms. The number of morpholine rings is 1. The second-order valence-corrected chi connectivity index (χ2v) is 9.75. The number of aryl methyl sites for hydroxylation is 1. The van der Waals surface area contributed by atoms with Crippen LogP contribution in [0.15, 0.2) is 59.6 Å². The predicted molar refractivity (Wildman–Crippen MR) is 143 cm³/mol. The zero-order valence-electron chi connectivity index (χ0n) is 20.1. The molecule has 0 aliphatic carbocycles. The van der Waals surface area contributed by atoms with Gasteiger partial charge in [-0.05, 0) is 54.6 Å². The molecule has 3 amide bonds. The summed E-state index contributed by atoms with van der Waals surface area (Å²) < 4.78 is 7.54. The van der Waals surface area contributed by atoms with Gasteiger partial charge in [-0.25, -0.2) is 0 Å². The molecule has 3 aromatic rings. The van der Waals surface area contributed by atoms with Crippen LogP contribution >= 0.6 is 11.8 Å². The van der Waals surface area contributed by atoms with Gasteiger partial charge in [0.05, 0.1) is 18.1 Å². The molecule has 2 saturated heterocycles. The first-order chi connectivity index (χ1) is 17.5. The third-order valence-electron chi connectivity index (χ3n) is 6.27. The Morgan fingerprint density at radius 3 is 2.58 bits per heavy atom. The average molecular weight is 505 g/mol. The number of carbonyl (C=O) groups excluding carboxylic acids is 3. The summed E-state index contributed by atoms with van der Waals surface area (Å²) in [6.45, 7) is 5.71. The van der Waals surface area contributed by atoms with Crippen LogP contribution in [0.1, 0.15) is 18.9 Å². The van der Waals surface area contributed by atoms with Crippen molar-refractivity contribution in [3.8, 4) is 0 Å². The molecular weight excluding hydrogens is 476 g/mol. The highest BCUT2D eigenvalue weighted by Gasteiger charge is 2.36. The maximum Gasteiger partial charge on any atom is 0.294 e. The first kappa shape index (κ1) is 24.1. The lowest BCUT2D eigenvalue weighted by atomic mass is 10.1. The Bertz CT molecular complexity index is 1330. The molecule has 0 bridgehead atoms. The summed E-state index contributed by atoms with van der Waals surface area (Å²) >= 11 is 0.867. The van der Waals surface area contributed by atoms with Crippen molar-refractivity contribution in [1.82, 2.24) is 9.47 Å². The molecule has 2 fully saturated rings. The van der Waals surface area contributed by atoms with Crippen molar-refractivity contribution >= 4 is 57.2 Å². The minimum atomic E-state index is -0.449. The average Bonchev–Trinajstić information content (AvgIpc) is 3.37. The number of aromatic nitrogens is 1. The number of amides is 3. The highest BCUT2D eigenvalue weighted by atomic mass is 32.2. The van der Waals surface area contributed by atoms with Crippen LogP contribution < -0.4 is 10.2 Å². The molecule has 0 saturated carbocycles. The first-order valence-electron chi connectivity index (χ1n) is 12.1. The number of ether oxygens (including phenoxy) is 1. The molecule has 9 heteroatoms. The molecular formula is C27H28N4O4S. The van der Waals surface area contributed by atoms with Gasteiger partial charge in [0.1, 0.15) is 6.54 Å². The SMILES string of the molecule is CCCn1cc(/C=C2\SC(=O)N(CC(=O)Nc3ccc(N4CCOCC4)cc3)C2=O)c2ccccc21. The van der Waals surface area contributed by atoms with Crippen LogP contribution in [0.5, 0.6) is 0 Å². The zero-order chi connectivity index (χ0) is 25.1. The van der Waals surface area contributed by atoms with Gasteiger partial charge in [-0.2, -0.15) is 0 Å². The van der Waals surface area contributed by atoms with Crippen LogP contribution in [0.4, 0.5) is 16.2 Å². The van der Waals surface area contributed by atoms with Crippen LogP contribution in [0.3, 0.4) is 0 Å². The number of nitrogens with one attached hydrogen (secondary N) is 1. The van der Waals surface area contributed by atoms with E-state index in [4.69, 9.17) is 4.74 Å². The van der Waals surface area contributed by atoms with Crippen molar-refractivity contribution < 1.29 is 19.1 Å². The highest BCUT2D eigenvalue weighted by molar-refractivity contribution is 8.18. The molecule has 8 nitrogen and oxygen atoms in total. The molecule has 2 aromatic carbocycles. The summed E-state index contributed by atoms with van der Waals surface area (Å²) in [4.78, 5) is 41.8. The fraction of sp³-hybridized carbons (Fsp3) is 0.296. The molecule has 186 valence electrons. The maximum atomic E-state index is 13.0. The van der Waals surface area contributed by atoms with Gasteiger partial charge in [0.25, 0.3) is 11.1 Å². The maximum absolute atomic E-state index is 13.0. The smallest absolute Gasteiger partial charge is 0.294 e. The summed E-state index contributed by atoms with van der Waals surface area (Å²) in [7, 11) is 0. The van der Waals surface area contributed by atoms with E-state index in [1.807, 2.05) is 54.7 Å². The minimum absolute atomic E-state index is 0.321. The number of nitrogens with zero attached hydrogens (tertiary/aromatic N) is 3. The van der Waals surface area contributed by atoms with E-state index < -0.39 is 17.1 Å². The number of hydrogen-bond acceptors (Lipinski definition) is 6. The van der Waals surface area contributed by atoms with Crippen LogP contribution in [-0.2, 0) is 20.9 Å². The summed E-state index contributed by atoms with van der Waals surface area (Å²) in [5, 5.41) is 3.37. The van der Waals surface area contributed by atoms with E-state index >= 15 is 0 Å². The first-order valence-corrected chi connectivity index (χ1v) is 12.9. The number of anilines is 2. The largest absolute Gasteiger partial charge is 0.378 e. The van der Waals surface area contributed by atoms with E-state index in [2.05, 4.69) is 21.7 Å². The Balaban J connectivity index is 1.26. The Morgan fingerprint density at radius 2 is 1.83 bits per heavy atom. The van der Waals surface area contributed by atoms with Gasteiger partial charge in [0.15, 0.2) is 0 Å². The Labute approximate surface area is 213 Å². The number of thioether (sulfide) groups is 1. The Morgan fingerprint density at radius 1 is 1.08 bits per heavy atom. The molecule has 0 unspecified atom stereocenters. The van der Waals surface area contributed by atoms with Gasteiger partial charge in [0, 0.05) is 53.7 Å². The van der Waals surface area contributed by atoms with E-state index in [9.17, 15) is 14.4 Å². The van der Waals surface area contributed by atoms with E-state index in [-0.39, 0.29) is 6.54 Å². The number of carbonyl (C=O) groups is 3. The van der Waals surface area contributed by atoms with Crippen molar-refractivity contribution in [2.24, 2.45) is 0 Å². The number of fused-ring (bicyclic) bond motifs is 1. The van der Waals surface area contributed by atoms with Gasteiger partial charge >= 0.3 is 0 Å². The van der Waals surface area contributed by atoms with E-state index in [1.165, 1.54) is 0 Å². The third-order valence-corrected chi connectivity index (χ3v) is 7.18. The molecule has 1 N–H and O–H groups in total. The number of para-hydroxylation sites is 1. The van der Waals surface area contributed by atoms with Crippen LogP contribution in [0.2, 0.25) is 0 Å². The van der Waals surface area contributed by atoms with Crippen LogP contribution in [0.25, 0.3) is 17.0 Å². The third kappa shape index (κ3) is 5.03.